The molecule has 10 heteroatoms. The minimum absolute atomic E-state index is 0.00362. The lowest BCUT2D eigenvalue weighted by Crippen LogP contribution is -2.40. The molecule has 0 saturated heterocycles. The molecular weight excluding hydrogens is 339 g/mol. The van der Waals surface area contributed by atoms with Gasteiger partial charge in [0.25, 0.3) is 0 Å². The summed E-state index contributed by atoms with van der Waals surface area (Å²) >= 11 is 0. The number of guanidine groups is 1. The minimum Gasteiger partial charge on any atom is -0.476 e. The van der Waals surface area contributed by atoms with Crippen LogP contribution in [0.1, 0.15) is 12.5 Å². The Morgan fingerprint density at radius 1 is 1.32 bits per heavy atom. The zero-order valence-corrected chi connectivity index (χ0v) is 14.4. The van der Waals surface area contributed by atoms with Crippen LogP contribution < -0.4 is 15.4 Å². The molecule has 140 valence electrons. The maximum atomic E-state index is 12.4. The van der Waals surface area contributed by atoms with Crippen molar-refractivity contribution < 1.29 is 22.7 Å². The van der Waals surface area contributed by atoms with Crippen molar-refractivity contribution in [2.75, 3.05) is 40.3 Å². The molecule has 0 spiro atoms. The van der Waals surface area contributed by atoms with Gasteiger partial charge in [0.1, 0.15) is 13.2 Å². The number of pyridine rings is 1. The molecule has 0 radical (unpaired) electrons. The molecule has 0 aliphatic carbocycles. The van der Waals surface area contributed by atoms with Crippen molar-refractivity contribution in [3.8, 4) is 5.88 Å². The SMILES string of the molecule is CCNC(=NCC(=O)N(C)C)NCCOc1ccc(C(F)(F)F)cn1. The van der Waals surface area contributed by atoms with E-state index in [-0.39, 0.29) is 24.9 Å². The number of alkyl halides is 3. The summed E-state index contributed by atoms with van der Waals surface area (Å²) < 4.78 is 42.6. The van der Waals surface area contributed by atoms with Gasteiger partial charge in [0.2, 0.25) is 11.8 Å². The number of amides is 1. The fourth-order valence-electron chi connectivity index (χ4n) is 1.59. The summed E-state index contributed by atoms with van der Waals surface area (Å²) in [6, 6.07) is 2.08. The number of nitrogens with zero attached hydrogens (tertiary/aromatic N) is 3. The van der Waals surface area contributed by atoms with Crippen molar-refractivity contribution in [1.29, 1.82) is 0 Å². The number of rotatable bonds is 7. The number of ether oxygens (including phenoxy) is 1. The zero-order chi connectivity index (χ0) is 18.9. The molecule has 1 aromatic heterocycles. The molecule has 1 rings (SSSR count). The molecule has 0 aromatic carbocycles. The Hall–Kier alpha value is -2.52. The molecule has 0 saturated carbocycles. The first kappa shape index (κ1) is 20.5. The van der Waals surface area contributed by atoms with Crippen LogP contribution in [0.25, 0.3) is 0 Å². The zero-order valence-electron chi connectivity index (χ0n) is 14.4. The number of carbonyl (C=O) groups is 1. The summed E-state index contributed by atoms with van der Waals surface area (Å²) in [5, 5.41) is 5.93. The number of aromatic nitrogens is 1. The molecule has 0 aliphatic heterocycles. The van der Waals surface area contributed by atoms with Gasteiger partial charge in [-0.1, -0.05) is 0 Å². The van der Waals surface area contributed by atoms with Crippen LogP contribution in [-0.2, 0) is 11.0 Å². The van der Waals surface area contributed by atoms with Crippen LogP contribution in [0, 0.1) is 0 Å². The van der Waals surface area contributed by atoms with E-state index in [1.54, 1.807) is 14.1 Å². The van der Waals surface area contributed by atoms with Gasteiger partial charge in [0.15, 0.2) is 5.96 Å². The predicted octanol–water partition coefficient (Wildman–Crippen LogP) is 1.12. The number of nitrogens with one attached hydrogen (secondary N) is 2. The van der Waals surface area contributed by atoms with Crippen molar-refractivity contribution in [3.63, 3.8) is 0 Å². The van der Waals surface area contributed by atoms with Gasteiger partial charge in [-0.2, -0.15) is 13.2 Å². The average Bonchev–Trinajstić information content (AvgIpc) is 2.55. The highest BCUT2D eigenvalue weighted by molar-refractivity contribution is 5.84. The molecule has 1 amide bonds. The lowest BCUT2D eigenvalue weighted by Gasteiger charge is -2.13. The number of aliphatic imine (C=N–C) groups is 1. The van der Waals surface area contributed by atoms with Gasteiger partial charge in [-0.05, 0) is 13.0 Å². The van der Waals surface area contributed by atoms with Gasteiger partial charge in [-0.25, -0.2) is 9.98 Å². The largest absolute Gasteiger partial charge is 0.476 e. The van der Waals surface area contributed by atoms with E-state index in [4.69, 9.17) is 4.74 Å². The molecule has 0 atom stereocenters. The van der Waals surface area contributed by atoms with Crippen LogP contribution in [0.3, 0.4) is 0 Å². The fraction of sp³-hybridized carbons (Fsp3) is 0.533. The number of halogens is 3. The van der Waals surface area contributed by atoms with E-state index in [9.17, 15) is 18.0 Å². The molecule has 1 heterocycles. The summed E-state index contributed by atoms with van der Waals surface area (Å²) in [5.41, 5.74) is -0.829. The normalized spacial score (nSPS) is 11.8. The summed E-state index contributed by atoms with van der Waals surface area (Å²) in [7, 11) is 3.28. The third-order valence-electron chi connectivity index (χ3n) is 2.92. The van der Waals surface area contributed by atoms with Crippen LogP contribution >= 0.6 is 0 Å². The molecule has 0 unspecified atom stereocenters. The van der Waals surface area contributed by atoms with Gasteiger partial charge in [0, 0.05) is 32.9 Å². The van der Waals surface area contributed by atoms with E-state index in [1.165, 1.54) is 4.90 Å². The summed E-state index contributed by atoms with van der Waals surface area (Å²) in [5.74, 6) is 0.406. The lowest BCUT2D eigenvalue weighted by molar-refractivity contribution is -0.137. The van der Waals surface area contributed by atoms with Gasteiger partial charge in [0.05, 0.1) is 12.1 Å². The fourth-order valence-corrected chi connectivity index (χ4v) is 1.59. The number of carbonyl (C=O) groups excluding carboxylic acids is 1. The van der Waals surface area contributed by atoms with Gasteiger partial charge < -0.3 is 20.3 Å². The van der Waals surface area contributed by atoms with E-state index in [2.05, 4.69) is 20.6 Å². The molecule has 25 heavy (non-hydrogen) atoms. The van der Waals surface area contributed by atoms with Crippen molar-refractivity contribution in [3.05, 3.63) is 23.9 Å². The van der Waals surface area contributed by atoms with Crippen molar-refractivity contribution in [2.45, 2.75) is 13.1 Å². The Morgan fingerprint density at radius 3 is 2.56 bits per heavy atom. The molecule has 0 aliphatic rings. The van der Waals surface area contributed by atoms with Crippen LogP contribution in [0.4, 0.5) is 13.2 Å². The van der Waals surface area contributed by atoms with E-state index >= 15 is 0 Å². The van der Waals surface area contributed by atoms with E-state index < -0.39 is 11.7 Å². The second-order valence-corrected chi connectivity index (χ2v) is 5.14. The van der Waals surface area contributed by atoms with E-state index in [0.717, 1.165) is 18.3 Å². The van der Waals surface area contributed by atoms with Crippen LogP contribution in [-0.4, -0.2) is 62.1 Å². The quantitative estimate of drug-likeness (QED) is 0.432. The summed E-state index contributed by atoms with van der Waals surface area (Å²) in [6.07, 6.45) is -3.70. The standard InChI is InChI=1S/C15H22F3N5O2/c1-4-19-14(22-10-13(24)23(2)3)20-7-8-25-12-6-5-11(9-21-12)15(16,17)18/h5-6,9H,4,7-8,10H2,1-3H3,(H2,19,20,22). The molecule has 0 bridgehead atoms. The third kappa shape index (κ3) is 7.73. The van der Waals surface area contributed by atoms with Crippen LogP contribution in [0.2, 0.25) is 0 Å². The van der Waals surface area contributed by atoms with E-state index in [0.29, 0.717) is 19.0 Å². The van der Waals surface area contributed by atoms with Crippen molar-refractivity contribution >= 4 is 11.9 Å². The third-order valence-corrected chi connectivity index (χ3v) is 2.92. The first-order valence-corrected chi connectivity index (χ1v) is 7.62. The Bertz CT molecular complexity index is 574. The molecule has 7 nitrogen and oxygen atoms in total. The number of hydrogen-bond donors (Lipinski definition) is 2. The maximum absolute atomic E-state index is 12.4. The topological polar surface area (TPSA) is 78.9 Å². The van der Waals surface area contributed by atoms with Crippen molar-refractivity contribution in [1.82, 2.24) is 20.5 Å². The Morgan fingerprint density at radius 2 is 2.04 bits per heavy atom. The molecular formula is C15H22F3N5O2. The second kappa shape index (κ2) is 9.70. The van der Waals surface area contributed by atoms with Gasteiger partial charge in [-0.3, -0.25) is 4.79 Å². The number of likely N-dealkylation sites (N-methyl/N-ethyl adjacent to an activating group) is 1. The molecule has 0 fully saturated rings. The van der Waals surface area contributed by atoms with E-state index in [1.807, 2.05) is 6.92 Å². The summed E-state index contributed by atoms with van der Waals surface area (Å²) in [6.45, 7) is 3.01. The average molecular weight is 361 g/mol. The highest BCUT2D eigenvalue weighted by Gasteiger charge is 2.30. The molecule has 1 aromatic rings. The van der Waals surface area contributed by atoms with Crippen molar-refractivity contribution in [2.24, 2.45) is 4.99 Å². The smallest absolute Gasteiger partial charge is 0.417 e. The number of hydrogen-bond acceptors (Lipinski definition) is 4. The van der Waals surface area contributed by atoms with Crippen LogP contribution in [0.5, 0.6) is 5.88 Å². The summed E-state index contributed by atoms with van der Waals surface area (Å²) in [4.78, 5) is 20.7. The minimum atomic E-state index is -4.42. The Labute approximate surface area is 144 Å². The first-order chi connectivity index (χ1) is 11.7. The Kier molecular flexibility index (Phi) is 7.96. The highest BCUT2D eigenvalue weighted by atomic mass is 19.4. The monoisotopic (exact) mass is 361 g/mol. The predicted molar refractivity (Wildman–Crippen MR) is 87.4 cm³/mol. The van der Waals surface area contributed by atoms with Crippen LogP contribution in [0.15, 0.2) is 23.3 Å². The second-order valence-electron chi connectivity index (χ2n) is 5.14. The Balaban J connectivity index is 2.43. The lowest BCUT2D eigenvalue weighted by atomic mass is 10.3. The maximum Gasteiger partial charge on any atom is 0.417 e. The van der Waals surface area contributed by atoms with Gasteiger partial charge >= 0.3 is 6.18 Å². The highest BCUT2D eigenvalue weighted by Crippen LogP contribution is 2.29. The van der Waals surface area contributed by atoms with Gasteiger partial charge in [-0.15, -0.1) is 0 Å². The first-order valence-electron chi connectivity index (χ1n) is 7.62. The molecule has 2 N–H and O–H groups in total.